The van der Waals surface area contributed by atoms with Crippen molar-refractivity contribution in [1.82, 2.24) is 14.5 Å². The molecule has 2 aromatic heterocycles. The number of imidazole rings is 1. The van der Waals surface area contributed by atoms with Crippen molar-refractivity contribution in [2.45, 2.75) is 34.2 Å². The first-order valence-electron chi connectivity index (χ1n) is 10.6. The molecule has 31 heavy (non-hydrogen) atoms. The van der Waals surface area contributed by atoms with Gasteiger partial charge >= 0.3 is 0 Å². The number of fused-ring (bicyclic) bond motifs is 1. The predicted octanol–water partition coefficient (Wildman–Crippen LogP) is 6.97. The van der Waals surface area contributed by atoms with E-state index in [0.29, 0.717) is 5.89 Å². The molecule has 0 atom stereocenters. The molecule has 2 heterocycles. The monoisotopic (exact) mass is 407 g/mol. The van der Waals surface area contributed by atoms with Crippen LogP contribution in [-0.4, -0.2) is 14.5 Å². The summed E-state index contributed by atoms with van der Waals surface area (Å²) in [5.41, 5.74) is 10.00. The van der Waals surface area contributed by atoms with Crippen LogP contribution < -0.4 is 0 Å². The van der Waals surface area contributed by atoms with Gasteiger partial charge in [-0.2, -0.15) is 0 Å². The summed E-state index contributed by atoms with van der Waals surface area (Å²) in [6, 6.07) is 21.4. The van der Waals surface area contributed by atoms with Crippen LogP contribution >= 0.6 is 0 Å². The number of aryl methyl sites for hydroxylation is 4. The van der Waals surface area contributed by atoms with E-state index in [1.807, 2.05) is 6.92 Å². The van der Waals surface area contributed by atoms with Crippen LogP contribution in [0.4, 0.5) is 0 Å². The van der Waals surface area contributed by atoms with Crippen LogP contribution in [0, 0.1) is 20.8 Å². The molecular formula is C27H25N3O. The fourth-order valence-corrected chi connectivity index (χ4v) is 4.30. The number of hydrogen-bond acceptors (Lipinski definition) is 3. The Morgan fingerprint density at radius 3 is 2.35 bits per heavy atom. The number of hydrogen-bond donors (Lipinski definition) is 0. The Bertz CT molecular complexity index is 1410. The molecule has 0 aliphatic rings. The van der Waals surface area contributed by atoms with Crippen LogP contribution in [0.5, 0.6) is 0 Å². The lowest BCUT2D eigenvalue weighted by atomic mass is 9.94. The average Bonchev–Trinajstić information content (AvgIpc) is 3.36. The number of benzene rings is 3. The molecule has 4 nitrogen and oxygen atoms in total. The normalized spacial score (nSPS) is 11.4. The van der Waals surface area contributed by atoms with Crippen LogP contribution in [0.1, 0.15) is 23.7 Å². The largest absolute Gasteiger partial charge is 0.444 e. The van der Waals surface area contributed by atoms with Crippen LogP contribution in [-0.2, 0) is 6.54 Å². The molecule has 0 bridgehead atoms. The second kappa shape index (κ2) is 7.55. The molecule has 4 heteroatoms. The Morgan fingerprint density at radius 1 is 0.839 bits per heavy atom. The van der Waals surface area contributed by atoms with E-state index in [-0.39, 0.29) is 0 Å². The second-order valence-corrected chi connectivity index (χ2v) is 8.04. The van der Waals surface area contributed by atoms with Crippen molar-refractivity contribution >= 4 is 11.0 Å². The first-order valence-corrected chi connectivity index (χ1v) is 10.6. The van der Waals surface area contributed by atoms with Crippen molar-refractivity contribution in [1.29, 1.82) is 0 Å². The maximum absolute atomic E-state index is 5.60. The van der Waals surface area contributed by atoms with Crippen molar-refractivity contribution in [3.05, 3.63) is 83.7 Å². The lowest BCUT2D eigenvalue weighted by molar-refractivity contribution is 0.573. The molecule has 5 rings (SSSR count). The van der Waals surface area contributed by atoms with E-state index < -0.39 is 0 Å². The molecule has 0 amide bonds. The molecule has 0 N–H and O–H groups in total. The van der Waals surface area contributed by atoms with Crippen molar-refractivity contribution in [2.24, 2.45) is 0 Å². The Kier molecular flexibility index (Phi) is 4.70. The van der Waals surface area contributed by atoms with E-state index in [9.17, 15) is 0 Å². The van der Waals surface area contributed by atoms with Crippen LogP contribution in [0.25, 0.3) is 45.0 Å². The van der Waals surface area contributed by atoms with Crippen LogP contribution in [0.2, 0.25) is 0 Å². The van der Waals surface area contributed by atoms with Gasteiger partial charge < -0.3 is 8.98 Å². The average molecular weight is 408 g/mol. The Labute approximate surface area is 182 Å². The first-order chi connectivity index (χ1) is 15.0. The summed E-state index contributed by atoms with van der Waals surface area (Å²) in [6.45, 7) is 9.23. The zero-order valence-electron chi connectivity index (χ0n) is 18.3. The molecule has 0 saturated carbocycles. The molecule has 0 saturated heterocycles. The Morgan fingerprint density at radius 2 is 1.65 bits per heavy atom. The highest BCUT2D eigenvalue weighted by Crippen LogP contribution is 2.36. The van der Waals surface area contributed by atoms with Gasteiger partial charge in [0.15, 0.2) is 0 Å². The lowest BCUT2D eigenvalue weighted by Crippen LogP contribution is -1.99. The van der Waals surface area contributed by atoms with Crippen molar-refractivity contribution < 1.29 is 4.42 Å². The van der Waals surface area contributed by atoms with Crippen LogP contribution in [0.15, 0.2) is 71.3 Å². The molecule has 154 valence electrons. The minimum absolute atomic E-state index is 0.627. The van der Waals surface area contributed by atoms with E-state index in [4.69, 9.17) is 9.40 Å². The number of rotatable bonds is 4. The molecule has 0 aliphatic carbocycles. The quantitative estimate of drug-likeness (QED) is 0.323. The SMILES string of the molecule is CCn1c(-c2ccccc2-c2ccc(C)cc2C)nc2cc(-c3nc(C)co3)ccc21. The van der Waals surface area contributed by atoms with Gasteiger partial charge in [0.2, 0.25) is 5.89 Å². The molecule has 0 aliphatic heterocycles. The molecule has 0 fully saturated rings. The summed E-state index contributed by atoms with van der Waals surface area (Å²) >= 11 is 0. The third kappa shape index (κ3) is 3.34. The Balaban J connectivity index is 1.70. The van der Waals surface area contributed by atoms with Crippen molar-refractivity contribution in [2.75, 3.05) is 0 Å². The van der Waals surface area contributed by atoms with Gasteiger partial charge in [-0.25, -0.2) is 9.97 Å². The summed E-state index contributed by atoms with van der Waals surface area (Å²) in [4.78, 5) is 9.54. The number of nitrogens with zero attached hydrogens (tertiary/aromatic N) is 3. The molecule has 5 aromatic rings. The van der Waals surface area contributed by atoms with Gasteiger partial charge in [0, 0.05) is 17.7 Å². The zero-order valence-corrected chi connectivity index (χ0v) is 18.3. The summed E-state index contributed by atoms with van der Waals surface area (Å²) < 4.78 is 7.88. The molecule has 0 spiro atoms. The van der Waals surface area contributed by atoms with Gasteiger partial charge in [0.25, 0.3) is 0 Å². The summed E-state index contributed by atoms with van der Waals surface area (Å²) in [5.74, 6) is 1.61. The molecule has 0 unspecified atom stereocenters. The maximum Gasteiger partial charge on any atom is 0.226 e. The molecule has 3 aromatic carbocycles. The standard InChI is InChI=1S/C27H25N3O/c1-5-30-25-13-11-20(27-28-19(4)16-31-27)15-24(25)29-26(30)23-9-7-6-8-22(23)21-12-10-17(2)14-18(21)3/h6-16H,5H2,1-4H3. The molecular weight excluding hydrogens is 382 g/mol. The van der Waals surface area contributed by atoms with Gasteiger partial charge in [0.1, 0.15) is 12.1 Å². The molecule has 0 radical (unpaired) electrons. The lowest BCUT2D eigenvalue weighted by Gasteiger charge is -2.14. The van der Waals surface area contributed by atoms with E-state index in [2.05, 4.69) is 91.0 Å². The van der Waals surface area contributed by atoms with Gasteiger partial charge in [-0.15, -0.1) is 0 Å². The van der Waals surface area contributed by atoms with Gasteiger partial charge in [-0.05, 0) is 62.6 Å². The predicted molar refractivity (Wildman–Crippen MR) is 126 cm³/mol. The highest BCUT2D eigenvalue weighted by molar-refractivity contribution is 5.89. The number of aromatic nitrogens is 3. The fraction of sp³-hybridized carbons (Fsp3) is 0.185. The van der Waals surface area contributed by atoms with Crippen molar-refractivity contribution in [3.63, 3.8) is 0 Å². The third-order valence-corrected chi connectivity index (χ3v) is 5.77. The fourth-order valence-electron chi connectivity index (χ4n) is 4.30. The minimum Gasteiger partial charge on any atom is -0.444 e. The van der Waals surface area contributed by atoms with Gasteiger partial charge in [-0.3, -0.25) is 0 Å². The summed E-state index contributed by atoms with van der Waals surface area (Å²) in [6.07, 6.45) is 1.68. The van der Waals surface area contributed by atoms with Crippen molar-refractivity contribution in [3.8, 4) is 34.0 Å². The number of oxazole rings is 1. The van der Waals surface area contributed by atoms with E-state index >= 15 is 0 Å². The third-order valence-electron chi connectivity index (χ3n) is 5.77. The summed E-state index contributed by atoms with van der Waals surface area (Å²) in [5, 5.41) is 0. The van der Waals surface area contributed by atoms with E-state index in [0.717, 1.165) is 40.2 Å². The smallest absolute Gasteiger partial charge is 0.226 e. The maximum atomic E-state index is 5.60. The van der Waals surface area contributed by atoms with Gasteiger partial charge in [0.05, 0.1) is 16.7 Å². The van der Waals surface area contributed by atoms with Gasteiger partial charge in [-0.1, -0.05) is 48.0 Å². The second-order valence-electron chi connectivity index (χ2n) is 8.04. The highest BCUT2D eigenvalue weighted by atomic mass is 16.3. The highest BCUT2D eigenvalue weighted by Gasteiger charge is 2.17. The summed E-state index contributed by atoms with van der Waals surface area (Å²) in [7, 11) is 0. The first kappa shape index (κ1) is 19.3. The minimum atomic E-state index is 0.627. The van der Waals surface area contributed by atoms with E-state index in [1.54, 1.807) is 6.26 Å². The topological polar surface area (TPSA) is 43.9 Å². The van der Waals surface area contributed by atoms with Crippen LogP contribution in [0.3, 0.4) is 0 Å². The van der Waals surface area contributed by atoms with E-state index in [1.165, 1.54) is 22.3 Å². The zero-order chi connectivity index (χ0) is 21.5. The Hall–Kier alpha value is -3.66.